The van der Waals surface area contributed by atoms with Crippen LogP contribution in [0.2, 0.25) is 0 Å². The van der Waals surface area contributed by atoms with Crippen LogP contribution in [-0.4, -0.2) is 37.0 Å². The third-order valence-corrected chi connectivity index (χ3v) is 4.53. The highest BCUT2D eigenvalue weighted by Gasteiger charge is 2.25. The topological polar surface area (TPSA) is 45.5 Å². The number of amides is 1. The molecule has 0 bridgehead atoms. The van der Waals surface area contributed by atoms with Crippen LogP contribution in [0.4, 0.5) is 4.39 Å². The zero-order valence-corrected chi connectivity index (χ0v) is 15.2. The highest BCUT2D eigenvalue weighted by molar-refractivity contribution is 5.92. The predicted octanol–water partition coefficient (Wildman–Crippen LogP) is 3.97. The van der Waals surface area contributed by atoms with Crippen molar-refractivity contribution in [2.45, 2.75) is 19.8 Å². The largest absolute Gasteiger partial charge is 0.451 e. The lowest BCUT2D eigenvalue weighted by Crippen LogP contribution is -2.40. The third-order valence-electron chi connectivity index (χ3n) is 4.53. The average Bonchev–Trinajstić information content (AvgIpc) is 3.10. The molecule has 1 aliphatic rings. The van der Waals surface area contributed by atoms with Gasteiger partial charge in [-0.25, -0.2) is 4.39 Å². The maximum atomic E-state index is 13.0. The molecule has 0 unspecified atom stereocenters. The van der Waals surface area contributed by atoms with Gasteiger partial charge >= 0.3 is 0 Å². The lowest BCUT2D eigenvalue weighted by atomic mass is 9.96. The Bertz CT molecular complexity index is 679. The summed E-state index contributed by atoms with van der Waals surface area (Å²) in [5, 5.41) is 3.37. The van der Waals surface area contributed by atoms with Gasteiger partial charge in [0.05, 0.1) is 0 Å². The van der Waals surface area contributed by atoms with Gasteiger partial charge in [-0.1, -0.05) is 6.92 Å². The summed E-state index contributed by atoms with van der Waals surface area (Å²) in [6.45, 7) is 5.64. The van der Waals surface area contributed by atoms with E-state index in [1.54, 1.807) is 24.3 Å². The van der Waals surface area contributed by atoms with E-state index < -0.39 is 0 Å². The third kappa shape index (κ3) is 4.83. The zero-order valence-electron chi connectivity index (χ0n) is 14.3. The number of benzene rings is 1. The number of halogens is 2. The second-order valence-corrected chi connectivity index (χ2v) is 6.21. The van der Waals surface area contributed by atoms with Gasteiger partial charge in [-0.2, -0.15) is 0 Å². The summed E-state index contributed by atoms with van der Waals surface area (Å²) in [7, 11) is 0. The van der Waals surface area contributed by atoms with Crippen LogP contribution >= 0.6 is 12.4 Å². The van der Waals surface area contributed by atoms with Crippen LogP contribution < -0.4 is 5.32 Å². The fraction of sp³-hybridized carbons (Fsp3) is 0.421. The number of carbonyl (C=O) groups is 1. The minimum atomic E-state index is -0.290. The summed E-state index contributed by atoms with van der Waals surface area (Å²) in [4.78, 5) is 14.4. The Balaban J connectivity index is 0.00000225. The molecule has 2 heterocycles. The molecule has 1 N–H and O–H groups in total. The van der Waals surface area contributed by atoms with Crippen LogP contribution in [-0.2, 0) is 0 Å². The molecule has 1 aliphatic heterocycles. The normalized spacial score (nSPS) is 15.0. The first-order chi connectivity index (χ1) is 11.7. The molecule has 1 saturated heterocycles. The van der Waals surface area contributed by atoms with Crippen molar-refractivity contribution >= 4 is 18.3 Å². The Morgan fingerprint density at radius 1 is 1.20 bits per heavy atom. The summed E-state index contributed by atoms with van der Waals surface area (Å²) >= 11 is 0. The van der Waals surface area contributed by atoms with Crippen molar-refractivity contribution in [2.75, 3.05) is 26.2 Å². The Kier molecular flexibility index (Phi) is 7.02. The molecule has 1 amide bonds. The minimum absolute atomic E-state index is 0. The number of piperidine rings is 1. The smallest absolute Gasteiger partial charge is 0.289 e. The second-order valence-electron chi connectivity index (χ2n) is 6.21. The molecule has 3 rings (SSSR count). The van der Waals surface area contributed by atoms with E-state index in [0.29, 0.717) is 17.4 Å². The SMILES string of the molecule is CCNCC1CCN(C(=O)c2ccc(-c3ccc(F)cc3)o2)CC1.Cl. The van der Waals surface area contributed by atoms with Gasteiger partial charge in [0, 0.05) is 18.7 Å². The Morgan fingerprint density at radius 2 is 1.88 bits per heavy atom. The molecule has 2 aromatic rings. The van der Waals surface area contributed by atoms with Crippen molar-refractivity contribution in [1.29, 1.82) is 0 Å². The Labute approximate surface area is 153 Å². The van der Waals surface area contributed by atoms with Gasteiger partial charge in [-0.05, 0) is 68.2 Å². The van der Waals surface area contributed by atoms with E-state index in [1.165, 1.54) is 12.1 Å². The number of rotatable bonds is 5. The zero-order chi connectivity index (χ0) is 16.9. The van der Waals surface area contributed by atoms with Crippen molar-refractivity contribution in [3.63, 3.8) is 0 Å². The van der Waals surface area contributed by atoms with E-state index in [1.807, 2.05) is 4.90 Å². The van der Waals surface area contributed by atoms with E-state index in [2.05, 4.69) is 12.2 Å². The van der Waals surface area contributed by atoms with Crippen LogP contribution in [0.3, 0.4) is 0 Å². The summed E-state index contributed by atoms with van der Waals surface area (Å²) in [6.07, 6.45) is 2.04. The molecular formula is C19H24ClFN2O2. The van der Waals surface area contributed by atoms with Gasteiger partial charge in [-0.15, -0.1) is 12.4 Å². The van der Waals surface area contributed by atoms with Crippen molar-refractivity contribution in [2.24, 2.45) is 5.92 Å². The average molecular weight is 367 g/mol. The lowest BCUT2D eigenvalue weighted by Gasteiger charge is -2.31. The molecule has 0 radical (unpaired) electrons. The van der Waals surface area contributed by atoms with E-state index in [4.69, 9.17) is 4.42 Å². The molecule has 25 heavy (non-hydrogen) atoms. The molecule has 1 fully saturated rings. The molecule has 0 saturated carbocycles. The quantitative estimate of drug-likeness (QED) is 0.870. The monoisotopic (exact) mass is 366 g/mol. The Morgan fingerprint density at radius 3 is 2.52 bits per heavy atom. The highest BCUT2D eigenvalue weighted by Crippen LogP contribution is 2.24. The van der Waals surface area contributed by atoms with E-state index >= 15 is 0 Å². The maximum absolute atomic E-state index is 13.0. The molecule has 136 valence electrons. The molecule has 0 atom stereocenters. The fourth-order valence-electron chi connectivity index (χ4n) is 3.07. The van der Waals surface area contributed by atoms with E-state index in [9.17, 15) is 9.18 Å². The van der Waals surface area contributed by atoms with Crippen molar-refractivity contribution in [1.82, 2.24) is 10.2 Å². The summed E-state index contributed by atoms with van der Waals surface area (Å²) in [5.74, 6) is 1.22. The second kappa shape index (κ2) is 9.02. The lowest BCUT2D eigenvalue weighted by molar-refractivity contribution is 0.0659. The fourth-order valence-corrected chi connectivity index (χ4v) is 3.07. The molecule has 0 aliphatic carbocycles. The van der Waals surface area contributed by atoms with Gasteiger partial charge in [0.25, 0.3) is 5.91 Å². The molecule has 0 spiro atoms. The first-order valence-corrected chi connectivity index (χ1v) is 8.53. The number of furan rings is 1. The number of hydrogen-bond acceptors (Lipinski definition) is 3. The molecule has 1 aromatic heterocycles. The molecule has 6 heteroatoms. The van der Waals surface area contributed by atoms with E-state index in [-0.39, 0.29) is 24.1 Å². The van der Waals surface area contributed by atoms with Gasteiger partial charge in [0.2, 0.25) is 0 Å². The van der Waals surface area contributed by atoms with Gasteiger partial charge in [0.1, 0.15) is 11.6 Å². The standard InChI is InChI=1S/C19H23FN2O2.ClH/c1-2-21-13-14-9-11-22(12-10-14)19(23)18-8-7-17(24-18)15-3-5-16(20)6-4-15;/h3-8,14,21H,2,9-13H2,1H3;1H. The van der Waals surface area contributed by atoms with Crippen LogP contribution in [0.1, 0.15) is 30.3 Å². The van der Waals surface area contributed by atoms with Crippen molar-refractivity contribution < 1.29 is 13.6 Å². The van der Waals surface area contributed by atoms with Gasteiger partial charge in [-0.3, -0.25) is 4.79 Å². The predicted molar refractivity (Wildman–Crippen MR) is 98.5 cm³/mol. The maximum Gasteiger partial charge on any atom is 0.289 e. The molecule has 4 nitrogen and oxygen atoms in total. The van der Waals surface area contributed by atoms with Gasteiger partial charge < -0.3 is 14.6 Å². The summed E-state index contributed by atoms with van der Waals surface area (Å²) < 4.78 is 18.7. The first-order valence-electron chi connectivity index (χ1n) is 8.53. The van der Waals surface area contributed by atoms with Crippen LogP contribution in [0, 0.1) is 11.7 Å². The molecule has 1 aromatic carbocycles. The Hall–Kier alpha value is -1.85. The highest BCUT2D eigenvalue weighted by atomic mass is 35.5. The van der Waals surface area contributed by atoms with Gasteiger partial charge in [0.15, 0.2) is 5.76 Å². The number of hydrogen-bond donors (Lipinski definition) is 1. The van der Waals surface area contributed by atoms with Crippen LogP contribution in [0.5, 0.6) is 0 Å². The number of nitrogens with zero attached hydrogens (tertiary/aromatic N) is 1. The van der Waals surface area contributed by atoms with Crippen molar-refractivity contribution in [3.8, 4) is 11.3 Å². The number of carbonyl (C=O) groups excluding carboxylic acids is 1. The summed E-state index contributed by atoms with van der Waals surface area (Å²) in [5.41, 5.74) is 0.764. The minimum Gasteiger partial charge on any atom is -0.451 e. The number of nitrogens with one attached hydrogen (secondary N) is 1. The van der Waals surface area contributed by atoms with Crippen LogP contribution in [0.25, 0.3) is 11.3 Å². The van der Waals surface area contributed by atoms with Crippen LogP contribution in [0.15, 0.2) is 40.8 Å². The van der Waals surface area contributed by atoms with E-state index in [0.717, 1.165) is 44.6 Å². The molecular weight excluding hydrogens is 343 g/mol. The van der Waals surface area contributed by atoms with Crippen molar-refractivity contribution in [3.05, 3.63) is 48.0 Å². The number of likely N-dealkylation sites (tertiary alicyclic amines) is 1. The summed E-state index contributed by atoms with van der Waals surface area (Å²) in [6, 6.07) is 9.52. The first kappa shape index (κ1) is 19.5.